The number of Topliss-reactive ketones (excluding diaryl/α,β-unsaturated/α-hetero) is 1. The second-order valence-electron chi connectivity index (χ2n) is 5.20. The highest BCUT2D eigenvalue weighted by Gasteiger charge is 2.22. The van der Waals surface area contributed by atoms with Gasteiger partial charge in [0, 0.05) is 5.56 Å². The van der Waals surface area contributed by atoms with E-state index < -0.39 is 5.92 Å². The molecular formula is C17H23NO3. The number of ketones is 1. The third kappa shape index (κ3) is 4.78. The van der Waals surface area contributed by atoms with Crippen molar-refractivity contribution in [2.75, 3.05) is 13.2 Å². The van der Waals surface area contributed by atoms with Crippen LogP contribution in [0.3, 0.4) is 0 Å². The molecule has 0 saturated heterocycles. The van der Waals surface area contributed by atoms with E-state index in [2.05, 4.69) is 6.07 Å². The number of carbonyl (C=O) groups is 1. The normalized spacial score (nSPS) is 11.8. The van der Waals surface area contributed by atoms with Crippen molar-refractivity contribution in [1.29, 1.82) is 5.26 Å². The lowest BCUT2D eigenvalue weighted by atomic mass is 9.91. The second-order valence-corrected chi connectivity index (χ2v) is 5.20. The van der Waals surface area contributed by atoms with Crippen LogP contribution in [-0.2, 0) is 0 Å². The lowest BCUT2D eigenvalue weighted by molar-refractivity contribution is 0.0936. The molecule has 0 fully saturated rings. The molecule has 1 aromatic carbocycles. The Morgan fingerprint density at radius 2 is 1.81 bits per heavy atom. The lowest BCUT2D eigenvalue weighted by Gasteiger charge is -2.14. The molecule has 4 heteroatoms. The molecule has 1 atom stereocenters. The molecule has 0 spiro atoms. The fourth-order valence-corrected chi connectivity index (χ4v) is 2.10. The van der Waals surface area contributed by atoms with E-state index in [4.69, 9.17) is 9.47 Å². The summed E-state index contributed by atoms with van der Waals surface area (Å²) in [5.41, 5.74) is 0.495. The molecule has 0 aromatic heterocycles. The number of ether oxygens (including phenoxy) is 2. The van der Waals surface area contributed by atoms with Gasteiger partial charge in [-0.25, -0.2) is 0 Å². The molecule has 0 N–H and O–H groups in total. The minimum atomic E-state index is -0.613. The molecule has 0 saturated carbocycles. The molecule has 0 aliphatic heterocycles. The van der Waals surface area contributed by atoms with Crippen molar-refractivity contribution < 1.29 is 14.3 Å². The maximum Gasteiger partial charge on any atom is 0.180 e. The van der Waals surface area contributed by atoms with E-state index in [0.29, 0.717) is 42.6 Å². The molecule has 1 rings (SSSR count). The van der Waals surface area contributed by atoms with Gasteiger partial charge in [-0.1, -0.05) is 13.8 Å². The van der Waals surface area contributed by atoms with Crippen LogP contribution in [0.4, 0.5) is 0 Å². The van der Waals surface area contributed by atoms with Crippen molar-refractivity contribution in [3.05, 3.63) is 23.8 Å². The fraction of sp³-hybridized carbons (Fsp3) is 0.529. The van der Waals surface area contributed by atoms with E-state index >= 15 is 0 Å². The molecule has 1 aromatic rings. The largest absolute Gasteiger partial charge is 0.490 e. The molecule has 0 aliphatic carbocycles. The molecule has 0 aliphatic rings. The first-order chi connectivity index (χ1) is 10.0. The van der Waals surface area contributed by atoms with Crippen LogP contribution in [0.5, 0.6) is 11.5 Å². The molecule has 0 heterocycles. The topological polar surface area (TPSA) is 59.3 Å². The van der Waals surface area contributed by atoms with Crippen LogP contribution in [0.2, 0.25) is 0 Å². The summed E-state index contributed by atoms with van der Waals surface area (Å²) in [6, 6.07) is 7.19. The van der Waals surface area contributed by atoms with Gasteiger partial charge in [0.1, 0.15) is 5.92 Å². The molecular weight excluding hydrogens is 266 g/mol. The van der Waals surface area contributed by atoms with Gasteiger partial charge in [0.15, 0.2) is 17.3 Å². The SMILES string of the molecule is CCOc1ccc(C(=O)C(C#N)CC(C)C)cc1OCC. The maximum absolute atomic E-state index is 12.4. The zero-order valence-corrected chi connectivity index (χ0v) is 13.2. The molecule has 114 valence electrons. The molecule has 0 radical (unpaired) electrons. The number of carbonyl (C=O) groups excluding carboxylic acids is 1. The Hall–Kier alpha value is -2.02. The zero-order chi connectivity index (χ0) is 15.8. The highest BCUT2D eigenvalue weighted by molar-refractivity contribution is 5.99. The van der Waals surface area contributed by atoms with Crippen molar-refractivity contribution >= 4 is 5.78 Å². The molecule has 21 heavy (non-hydrogen) atoms. The summed E-state index contributed by atoms with van der Waals surface area (Å²) in [4.78, 5) is 12.4. The van der Waals surface area contributed by atoms with E-state index in [9.17, 15) is 10.1 Å². The molecule has 0 amide bonds. The van der Waals surface area contributed by atoms with Gasteiger partial charge in [0.25, 0.3) is 0 Å². The van der Waals surface area contributed by atoms with Gasteiger partial charge in [-0.3, -0.25) is 4.79 Å². The molecule has 4 nitrogen and oxygen atoms in total. The highest BCUT2D eigenvalue weighted by Crippen LogP contribution is 2.30. The van der Waals surface area contributed by atoms with E-state index in [1.165, 1.54) is 0 Å². The summed E-state index contributed by atoms with van der Waals surface area (Å²) in [6.45, 7) is 8.79. The first-order valence-electron chi connectivity index (χ1n) is 7.36. The van der Waals surface area contributed by atoms with Crippen molar-refractivity contribution in [3.8, 4) is 17.6 Å². The number of nitriles is 1. The van der Waals surface area contributed by atoms with Crippen LogP contribution < -0.4 is 9.47 Å². The third-order valence-electron chi connectivity index (χ3n) is 3.01. The molecule has 0 bridgehead atoms. The van der Waals surface area contributed by atoms with Gasteiger partial charge in [-0.05, 0) is 44.4 Å². The van der Waals surface area contributed by atoms with Crippen LogP contribution in [0.15, 0.2) is 18.2 Å². The Morgan fingerprint density at radius 3 is 2.33 bits per heavy atom. The number of hydrogen-bond acceptors (Lipinski definition) is 4. The van der Waals surface area contributed by atoms with Crippen LogP contribution in [0, 0.1) is 23.2 Å². The summed E-state index contributed by atoms with van der Waals surface area (Å²) in [6.07, 6.45) is 0.562. The molecule has 1 unspecified atom stereocenters. The average molecular weight is 289 g/mol. The Kier molecular flexibility index (Phi) is 6.74. The summed E-state index contributed by atoms with van der Waals surface area (Å²) in [7, 11) is 0. The lowest BCUT2D eigenvalue weighted by Crippen LogP contribution is -2.15. The summed E-state index contributed by atoms with van der Waals surface area (Å²) >= 11 is 0. The number of hydrogen-bond donors (Lipinski definition) is 0. The Bertz CT molecular complexity index is 517. The third-order valence-corrected chi connectivity index (χ3v) is 3.01. The summed E-state index contributed by atoms with van der Waals surface area (Å²) in [5, 5.41) is 9.19. The van der Waals surface area contributed by atoms with E-state index in [1.54, 1.807) is 18.2 Å². The van der Waals surface area contributed by atoms with Gasteiger partial charge in [-0.15, -0.1) is 0 Å². The first-order valence-corrected chi connectivity index (χ1v) is 7.36. The predicted octanol–water partition coefficient (Wildman–Crippen LogP) is 3.85. The zero-order valence-electron chi connectivity index (χ0n) is 13.2. The summed E-state index contributed by atoms with van der Waals surface area (Å²) < 4.78 is 11.0. The van der Waals surface area contributed by atoms with Crippen LogP contribution in [-0.4, -0.2) is 19.0 Å². The van der Waals surface area contributed by atoms with Crippen LogP contribution >= 0.6 is 0 Å². The van der Waals surface area contributed by atoms with E-state index in [-0.39, 0.29) is 5.78 Å². The summed E-state index contributed by atoms with van der Waals surface area (Å²) in [5.74, 6) is 0.694. The number of nitrogens with zero attached hydrogens (tertiary/aromatic N) is 1. The van der Waals surface area contributed by atoms with Crippen molar-refractivity contribution in [2.45, 2.75) is 34.1 Å². The highest BCUT2D eigenvalue weighted by atomic mass is 16.5. The minimum Gasteiger partial charge on any atom is -0.490 e. The van der Waals surface area contributed by atoms with Crippen LogP contribution in [0.25, 0.3) is 0 Å². The van der Waals surface area contributed by atoms with Gasteiger partial charge in [0.05, 0.1) is 19.3 Å². The van der Waals surface area contributed by atoms with E-state index in [1.807, 2.05) is 27.7 Å². The minimum absolute atomic E-state index is 0.157. The van der Waals surface area contributed by atoms with Gasteiger partial charge < -0.3 is 9.47 Å². The number of benzene rings is 1. The predicted molar refractivity (Wildman–Crippen MR) is 81.7 cm³/mol. The van der Waals surface area contributed by atoms with Gasteiger partial charge in [-0.2, -0.15) is 5.26 Å². The Labute approximate surface area is 126 Å². The Morgan fingerprint density at radius 1 is 1.19 bits per heavy atom. The number of rotatable bonds is 8. The van der Waals surface area contributed by atoms with Crippen molar-refractivity contribution in [2.24, 2.45) is 11.8 Å². The Balaban J connectivity index is 3.04. The van der Waals surface area contributed by atoms with Crippen LogP contribution in [0.1, 0.15) is 44.5 Å². The van der Waals surface area contributed by atoms with E-state index in [0.717, 1.165) is 0 Å². The quantitative estimate of drug-likeness (QED) is 0.682. The van der Waals surface area contributed by atoms with Crippen molar-refractivity contribution in [3.63, 3.8) is 0 Å². The average Bonchev–Trinajstić information content (AvgIpc) is 2.46. The smallest absolute Gasteiger partial charge is 0.180 e. The first kappa shape index (κ1) is 17.0. The van der Waals surface area contributed by atoms with Gasteiger partial charge in [0.2, 0.25) is 0 Å². The van der Waals surface area contributed by atoms with Crippen molar-refractivity contribution in [1.82, 2.24) is 0 Å². The van der Waals surface area contributed by atoms with Gasteiger partial charge >= 0.3 is 0 Å². The monoisotopic (exact) mass is 289 g/mol. The standard InChI is InChI=1S/C17H23NO3/c1-5-20-15-8-7-13(10-16(15)21-6-2)17(19)14(11-18)9-12(3)4/h7-8,10,12,14H,5-6,9H2,1-4H3. The fourth-order valence-electron chi connectivity index (χ4n) is 2.10. The second kappa shape index (κ2) is 8.31. The maximum atomic E-state index is 12.4.